The third-order valence-corrected chi connectivity index (χ3v) is 5.28. The molecule has 0 saturated heterocycles. The molecule has 0 aliphatic heterocycles. The van der Waals surface area contributed by atoms with Crippen molar-refractivity contribution in [3.63, 3.8) is 0 Å². The fraction of sp³-hybridized carbons (Fsp3) is 0.571. The van der Waals surface area contributed by atoms with Gasteiger partial charge in [0.15, 0.2) is 0 Å². The van der Waals surface area contributed by atoms with Crippen LogP contribution in [0.2, 0.25) is 0 Å². The first-order valence-electron chi connectivity index (χ1n) is 6.74. The number of aliphatic hydroxyl groups excluding tert-OH is 1. The van der Waals surface area contributed by atoms with Crippen LogP contribution in [0.5, 0.6) is 0 Å². The number of fused-ring (bicyclic) bond motifs is 1. The molecule has 2 heterocycles. The molecule has 5 heteroatoms. The molecule has 0 spiro atoms. The van der Waals surface area contributed by atoms with E-state index in [1.165, 1.54) is 0 Å². The second-order valence-corrected chi connectivity index (χ2v) is 6.54. The molecule has 1 aliphatic carbocycles. The van der Waals surface area contributed by atoms with Crippen molar-refractivity contribution >= 4 is 21.6 Å². The Kier molecular flexibility index (Phi) is 3.19. The standard InChI is InChI=1S/C14H18N2O2S/c1-8-9(2)19-13-12(8)14(18)16(7-15-13)10-5-3-4-6-11(10)17/h7,10-11,17H,3-6H2,1-2H3. The van der Waals surface area contributed by atoms with Gasteiger partial charge in [-0.15, -0.1) is 11.3 Å². The van der Waals surface area contributed by atoms with Crippen molar-refractivity contribution < 1.29 is 5.11 Å². The van der Waals surface area contributed by atoms with E-state index in [4.69, 9.17) is 0 Å². The highest BCUT2D eigenvalue weighted by Gasteiger charge is 2.26. The van der Waals surface area contributed by atoms with E-state index >= 15 is 0 Å². The first-order chi connectivity index (χ1) is 9.09. The maximum Gasteiger partial charge on any atom is 0.262 e. The smallest absolute Gasteiger partial charge is 0.262 e. The first-order valence-corrected chi connectivity index (χ1v) is 7.56. The summed E-state index contributed by atoms with van der Waals surface area (Å²) in [6, 6.07) is -0.113. The van der Waals surface area contributed by atoms with Crippen LogP contribution in [0.4, 0.5) is 0 Å². The molecule has 0 bridgehead atoms. The molecule has 1 N–H and O–H groups in total. The SMILES string of the molecule is Cc1sc2ncn(C3CCCCC3O)c(=O)c2c1C. The van der Waals surface area contributed by atoms with Crippen LogP contribution in [-0.4, -0.2) is 20.8 Å². The molecule has 1 aliphatic rings. The van der Waals surface area contributed by atoms with Gasteiger partial charge in [-0.25, -0.2) is 4.98 Å². The molecule has 0 amide bonds. The number of hydrogen-bond acceptors (Lipinski definition) is 4. The molecule has 2 aromatic heterocycles. The zero-order chi connectivity index (χ0) is 13.6. The summed E-state index contributed by atoms with van der Waals surface area (Å²) in [4.78, 5) is 19.0. The number of nitrogens with zero attached hydrogens (tertiary/aromatic N) is 2. The van der Waals surface area contributed by atoms with E-state index in [9.17, 15) is 9.90 Å². The van der Waals surface area contributed by atoms with Gasteiger partial charge in [-0.1, -0.05) is 12.8 Å². The number of thiophene rings is 1. The van der Waals surface area contributed by atoms with Gasteiger partial charge in [0.1, 0.15) is 4.83 Å². The Labute approximate surface area is 115 Å². The highest BCUT2D eigenvalue weighted by molar-refractivity contribution is 7.18. The minimum absolute atomic E-state index is 0.00204. The topological polar surface area (TPSA) is 55.1 Å². The first kappa shape index (κ1) is 12.8. The molecule has 0 radical (unpaired) electrons. The lowest BCUT2D eigenvalue weighted by Crippen LogP contribution is -2.34. The van der Waals surface area contributed by atoms with Gasteiger partial charge >= 0.3 is 0 Å². The van der Waals surface area contributed by atoms with Crippen molar-refractivity contribution in [3.8, 4) is 0 Å². The monoisotopic (exact) mass is 278 g/mol. The fourth-order valence-corrected chi connectivity index (χ4v) is 3.89. The van der Waals surface area contributed by atoms with Crippen molar-refractivity contribution in [2.45, 2.75) is 51.7 Å². The number of hydrogen-bond donors (Lipinski definition) is 1. The van der Waals surface area contributed by atoms with Crippen LogP contribution < -0.4 is 5.56 Å². The zero-order valence-corrected chi connectivity index (χ0v) is 12.0. The predicted molar refractivity (Wildman–Crippen MR) is 76.9 cm³/mol. The molecule has 2 unspecified atom stereocenters. The third-order valence-electron chi connectivity index (χ3n) is 4.17. The lowest BCUT2D eigenvalue weighted by atomic mass is 9.92. The summed E-state index contributed by atoms with van der Waals surface area (Å²) in [6.07, 6.45) is 4.92. The summed E-state index contributed by atoms with van der Waals surface area (Å²) in [7, 11) is 0. The van der Waals surface area contributed by atoms with Crippen LogP contribution >= 0.6 is 11.3 Å². The van der Waals surface area contributed by atoms with E-state index in [0.29, 0.717) is 0 Å². The summed E-state index contributed by atoms with van der Waals surface area (Å²) in [6.45, 7) is 3.99. The van der Waals surface area contributed by atoms with Gasteiger partial charge < -0.3 is 5.11 Å². The van der Waals surface area contributed by atoms with Crippen LogP contribution in [0.15, 0.2) is 11.1 Å². The third kappa shape index (κ3) is 2.01. The number of aromatic nitrogens is 2. The van der Waals surface area contributed by atoms with E-state index in [-0.39, 0.29) is 11.6 Å². The van der Waals surface area contributed by atoms with Crippen LogP contribution in [-0.2, 0) is 0 Å². The number of aliphatic hydroxyl groups is 1. The molecule has 19 heavy (non-hydrogen) atoms. The molecule has 0 aromatic carbocycles. The minimum Gasteiger partial charge on any atom is -0.391 e. The molecule has 102 valence electrons. The molecule has 1 fully saturated rings. The van der Waals surface area contributed by atoms with Gasteiger partial charge in [0.25, 0.3) is 5.56 Å². The van der Waals surface area contributed by atoms with Gasteiger partial charge in [-0.05, 0) is 32.3 Å². The second kappa shape index (κ2) is 4.72. The van der Waals surface area contributed by atoms with E-state index in [2.05, 4.69) is 4.98 Å². The summed E-state index contributed by atoms with van der Waals surface area (Å²) in [5.74, 6) is 0. The summed E-state index contributed by atoms with van der Waals surface area (Å²) >= 11 is 1.56. The molecule has 4 nitrogen and oxygen atoms in total. The average molecular weight is 278 g/mol. The largest absolute Gasteiger partial charge is 0.391 e. The Hall–Kier alpha value is -1.20. The van der Waals surface area contributed by atoms with Gasteiger partial charge in [0, 0.05) is 4.88 Å². The normalized spacial score (nSPS) is 23.9. The second-order valence-electron chi connectivity index (χ2n) is 5.34. The maximum atomic E-state index is 12.6. The van der Waals surface area contributed by atoms with E-state index < -0.39 is 6.10 Å². The van der Waals surface area contributed by atoms with E-state index in [0.717, 1.165) is 46.3 Å². The predicted octanol–water partition coefficient (Wildman–Crippen LogP) is 2.55. The van der Waals surface area contributed by atoms with Crippen LogP contribution in [0.1, 0.15) is 42.2 Å². The van der Waals surface area contributed by atoms with Crippen molar-refractivity contribution in [2.24, 2.45) is 0 Å². The van der Waals surface area contributed by atoms with E-state index in [1.54, 1.807) is 22.2 Å². The summed E-state index contributed by atoms with van der Waals surface area (Å²) in [5, 5.41) is 10.8. The van der Waals surface area contributed by atoms with Crippen molar-refractivity contribution in [2.75, 3.05) is 0 Å². The Morgan fingerprint density at radius 3 is 2.84 bits per heavy atom. The summed E-state index contributed by atoms with van der Waals surface area (Å²) < 4.78 is 1.64. The van der Waals surface area contributed by atoms with Gasteiger partial charge in [-0.2, -0.15) is 0 Å². The number of rotatable bonds is 1. The molecule has 3 rings (SSSR count). The van der Waals surface area contributed by atoms with Crippen LogP contribution in [0.3, 0.4) is 0 Å². The average Bonchev–Trinajstić information content (AvgIpc) is 2.68. The van der Waals surface area contributed by atoms with Crippen molar-refractivity contribution in [1.29, 1.82) is 0 Å². The molecule has 1 saturated carbocycles. The van der Waals surface area contributed by atoms with Crippen LogP contribution in [0, 0.1) is 13.8 Å². The van der Waals surface area contributed by atoms with Gasteiger partial charge in [0.2, 0.25) is 0 Å². The summed E-state index contributed by atoms with van der Waals surface area (Å²) in [5.41, 5.74) is 1.02. The Balaban J connectivity index is 2.17. The lowest BCUT2D eigenvalue weighted by molar-refractivity contribution is 0.0735. The molecule has 2 atom stereocenters. The highest BCUT2D eigenvalue weighted by Crippen LogP contribution is 2.30. The Bertz CT molecular complexity index is 674. The molecule has 2 aromatic rings. The maximum absolute atomic E-state index is 12.6. The Morgan fingerprint density at radius 2 is 2.11 bits per heavy atom. The highest BCUT2D eigenvalue weighted by atomic mass is 32.1. The van der Waals surface area contributed by atoms with Gasteiger partial charge in [0.05, 0.1) is 23.9 Å². The molecular weight excluding hydrogens is 260 g/mol. The fourth-order valence-electron chi connectivity index (χ4n) is 2.90. The van der Waals surface area contributed by atoms with Crippen LogP contribution in [0.25, 0.3) is 10.2 Å². The van der Waals surface area contributed by atoms with Gasteiger partial charge in [-0.3, -0.25) is 9.36 Å². The van der Waals surface area contributed by atoms with Crippen molar-refractivity contribution in [1.82, 2.24) is 9.55 Å². The van der Waals surface area contributed by atoms with E-state index in [1.807, 2.05) is 13.8 Å². The Morgan fingerprint density at radius 1 is 1.37 bits per heavy atom. The lowest BCUT2D eigenvalue weighted by Gasteiger charge is -2.28. The zero-order valence-electron chi connectivity index (χ0n) is 11.2. The quantitative estimate of drug-likeness (QED) is 0.872. The minimum atomic E-state index is -0.425. The number of aryl methyl sites for hydroxylation is 2. The molecular formula is C14H18N2O2S. The van der Waals surface area contributed by atoms with Crippen molar-refractivity contribution in [3.05, 3.63) is 27.1 Å².